The molecule has 2 amide bonds. The van der Waals surface area contributed by atoms with Crippen molar-refractivity contribution in [3.8, 4) is 16.9 Å². The van der Waals surface area contributed by atoms with E-state index in [2.05, 4.69) is 55.4 Å². The van der Waals surface area contributed by atoms with Crippen LogP contribution in [0.5, 0.6) is 0 Å². The summed E-state index contributed by atoms with van der Waals surface area (Å²) in [6.07, 6.45) is 10.2. The van der Waals surface area contributed by atoms with Gasteiger partial charge in [-0.1, -0.05) is 41.9 Å². The number of aromatic amines is 1. The molecule has 45 heavy (non-hydrogen) atoms. The lowest BCUT2D eigenvalue weighted by Crippen LogP contribution is -2.29. The van der Waals surface area contributed by atoms with Gasteiger partial charge in [0.05, 0.1) is 30.7 Å². The maximum atomic E-state index is 13.3. The molecule has 3 N–H and O–H groups in total. The van der Waals surface area contributed by atoms with Crippen molar-refractivity contribution in [1.29, 1.82) is 0 Å². The molecule has 4 bridgehead atoms. The fraction of sp³-hybridized carbons (Fsp3) is 0.212. The monoisotopic (exact) mass is 622 g/mol. The smallest absolute Gasteiger partial charge is 0.411 e. The number of methoxy groups -OCH3 is 1. The first-order valence-corrected chi connectivity index (χ1v) is 15.0. The van der Waals surface area contributed by atoms with E-state index in [-0.39, 0.29) is 5.91 Å². The summed E-state index contributed by atoms with van der Waals surface area (Å²) in [5, 5.41) is 17.8. The summed E-state index contributed by atoms with van der Waals surface area (Å²) in [5.41, 5.74) is 7.25. The number of nitrogens with one attached hydrogen (secondary N) is 3. The summed E-state index contributed by atoms with van der Waals surface area (Å²) in [6, 6.07) is 19.1. The highest BCUT2D eigenvalue weighted by molar-refractivity contribution is 6.30. The second-order valence-corrected chi connectivity index (χ2v) is 11.2. The van der Waals surface area contributed by atoms with E-state index in [1.807, 2.05) is 18.2 Å². The molecular weight excluding hydrogens is 592 g/mol. The van der Waals surface area contributed by atoms with Crippen molar-refractivity contribution < 1.29 is 14.3 Å². The zero-order valence-electron chi connectivity index (χ0n) is 24.5. The molecule has 0 spiro atoms. The predicted octanol–water partition coefficient (Wildman–Crippen LogP) is 5.88. The first-order valence-electron chi connectivity index (χ1n) is 14.6. The van der Waals surface area contributed by atoms with Crippen LogP contribution in [-0.2, 0) is 28.8 Å². The maximum absolute atomic E-state index is 13.3. The second-order valence-electron chi connectivity index (χ2n) is 10.8. The SMILES string of the molecule is COC(=O)Nc1ccc2c(c1)CCCCc1ccc(cc1)C[C@H](NC(=O)C=Cc1cc(Cl)ccc1-n1cnnn1)c1ncc-2[nH]1. The van der Waals surface area contributed by atoms with E-state index in [1.165, 1.54) is 29.8 Å². The number of ether oxygens (including phenoxy) is 1. The van der Waals surface area contributed by atoms with Crippen molar-refractivity contribution in [3.05, 3.63) is 112 Å². The van der Waals surface area contributed by atoms with Crippen LogP contribution in [0.25, 0.3) is 23.0 Å². The normalized spacial score (nSPS) is 14.8. The summed E-state index contributed by atoms with van der Waals surface area (Å²) in [6.45, 7) is 0. The zero-order chi connectivity index (χ0) is 31.2. The third-order valence-corrected chi connectivity index (χ3v) is 7.93. The van der Waals surface area contributed by atoms with Gasteiger partial charge in [0.25, 0.3) is 0 Å². The molecule has 0 unspecified atom stereocenters. The number of nitrogens with zero attached hydrogens (tertiary/aromatic N) is 5. The van der Waals surface area contributed by atoms with E-state index in [1.54, 1.807) is 30.5 Å². The van der Waals surface area contributed by atoms with Gasteiger partial charge >= 0.3 is 6.09 Å². The van der Waals surface area contributed by atoms with Crippen LogP contribution in [0, 0.1) is 0 Å². The summed E-state index contributed by atoms with van der Waals surface area (Å²) < 4.78 is 6.28. The van der Waals surface area contributed by atoms with Gasteiger partial charge in [0.15, 0.2) is 0 Å². The number of carbonyl (C=O) groups is 2. The van der Waals surface area contributed by atoms with E-state index < -0.39 is 12.1 Å². The summed E-state index contributed by atoms with van der Waals surface area (Å²) in [4.78, 5) is 33.4. The molecule has 2 aromatic heterocycles. The highest BCUT2D eigenvalue weighted by Gasteiger charge is 2.20. The molecule has 4 heterocycles. The molecular formula is C33H31ClN8O3. The number of H-pyrrole nitrogens is 1. The van der Waals surface area contributed by atoms with Gasteiger partial charge in [0, 0.05) is 27.9 Å². The van der Waals surface area contributed by atoms with Crippen molar-refractivity contribution >= 4 is 35.4 Å². The number of aryl methyl sites for hydroxylation is 2. The van der Waals surface area contributed by atoms with Gasteiger partial charge in [-0.05, 0) is 95.6 Å². The molecule has 11 nitrogen and oxygen atoms in total. The van der Waals surface area contributed by atoms with E-state index in [9.17, 15) is 9.59 Å². The van der Waals surface area contributed by atoms with Gasteiger partial charge in [-0.25, -0.2) is 9.78 Å². The minimum absolute atomic E-state index is 0.297. The topological polar surface area (TPSA) is 140 Å². The van der Waals surface area contributed by atoms with E-state index in [0.717, 1.165) is 48.1 Å². The Hall–Kier alpha value is -5.29. The van der Waals surface area contributed by atoms with Crippen molar-refractivity contribution in [2.75, 3.05) is 12.4 Å². The molecule has 0 fully saturated rings. The number of aromatic nitrogens is 6. The van der Waals surface area contributed by atoms with E-state index >= 15 is 0 Å². The summed E-state index contributed by atoms with van der Waals surface area (Å²) in [7, 11) is 1.34. The molecule has 0 saturated heterocycles. The third-order valence-electron chi connectivity index (χ3n) is 7.69. The van der Waals surface area contributed by atoms with Crippen molar-refractivity contribution in [2.45, 2.75) is 38.1 Å². The Kier molecular flexibility index (Phi) is 8.97. The lowest BCUT2D eigenvalue weighted by atomic mass is 9.97. The van der Waals surface area contributed by atoms with Crippen molar-refractivity contribution in [2.24, 2.45) is 0 Å². The standard InChI is InChI=1S/C33H31ClN8O3/c1-45-33(44)37-26-12-13-27-23(18-26)5-3-2-4-21-6-8-22(9-7-21)16-28(32-35-19-29(27)39-32)38-31(43)15-10-24-17-25(34)11-14-30(24)42-20-36-40-41-42/h6-15,17-20,28H,2-5,16H2,1H3,(H,35,39)(H,37,44)(H,38,43)/t28-/m0/s1. The average Bonchev–Trinajstić information content (AvgIpc) is 3.76. The highest BCUT2D eigenvalue weighted by Crippen LogP contribution is 2.29. The fourth-order valence-electron chi connectivity index (χ4n) is 5.42. The summed E-state index contributed by atoms with van der Waals surface area (Å²) >= 11 is 6.25. The van der Waals surface area contributed by atoms with Crippen LogP contribution in [-0.4, -0.2) is 49.3 Å². The van der Waals surface area contributed by atoms with Crippen LogP contribution in [0.4, 0.5) is 10.5 Å². The number of fused-ring (bicyclic) bond motifs is 6. The lowest BCUT2D eigenvalue weighted by Gasteiger charge is -2.16. The average molecular weight is 623 g/mol. The summed E-state index contributed by atoms with van der Waals surface area (Å²) in [5.74, 6) is 0.333. The Morgan fingerprint density at radius 1 is 1.04 bits per heavy atom. The lowest BCUT2D eigenvalue weighted by molar-refractivity contribution is -0.117. The first kappa shape index (κ1) is 29.8. The molecule has 12 heteroatoms. The quantitative estimate of drug-likeness (QED) is 0.208. The van der Waals surface area contributed by atoms with Gasteiger partial charge < -0.3 is 15.0 Å². The number of rotatable bonds is 5. The minimum atomic E-state index is -0.520. The molecule has 0 aliphatic carbocycles. The number of hydrogen-bond donors (Lipinski definition) is 3. The third kappa shape index (κ3) is 7.27. The Bertz CT molecular complexity index is 1830. The van der Waals surface area contributed by atoms with Crippen molar-refractivity contribution in [1.82, 2.24) is 35.5 Å². The van der Waals surface area contributed by atoms with E-state index in [4.69, 9.17) is 21.3 Å². The van der Waals surface area contributed by atoms with Gasteiger partial charge in [-0.15, -0.1) is 5.10 Å². The molecule has 2 aliphatic heterocycles. The molecule has 0 radical (unpaired) electrons. The number of imidazole rings is 1. The van der Waals surface area contributed by atoms with Crippen LogP contribution in [0.1, 0.15) is 47.0 Å². The minimum Gasteiger partial charge on any atom is -0.453 e. The Morgan fingerprint density at radius 3 is 2.67 bits per heavy atom. The number of benzene rings is 3. The zero-order valence-corrected chi connectivity index (χ0v) is 25.3. The van der Waals surface area contributed by atoms with Crippen LogP contribution in [0.15, 0.2) is 79.3 Å². The predicted molar refractivity (Wildman–Crippen MR) is 171 cm³/mol. The van der Waals surface area contributed by atoms with E-state index in [0.29, 0.717) is 34.2 Å². The second kappa shape index (κ2) is 13.6. The fourth-order valence-corrected chi connectivity index (χ4v) is 5.60. The number of halogens is 1. The Labute approximate surface area is 264 Å². The molecule has 5 aromatic rings. The van der Waals surface area contributed by atoms with Crippen LogP contribution in [0.2, 0.25) is 5.02 Å². The van der Waals surface area contributed by atoms with Gasteiger partial charge in [0.1, 0.15) is 12.2 Å². The van der Waals surface area contributed by atoms with Crippen LogP contribution < -0.4 is 10.6 Å². The highest BCUT2D eigenvalue weighted by atomic mass is 35.5. The molecule has 228 valence electrons. The molecule has 1 atom stereocenters. The number of carbonyl (C=O) groups excluding carboxylic acids is 2. The maximum Gasteiger partial charge on any atom is 0.411 e. The van der Waals surface area contributed by atoms with Crippen LogP contribution in [0.3, 0.4) is 0 Å². The number of amides is 2. The molecule has 0 saturated carbocycles. The Morgan fingerprint density at radius 2 is 1.87 bits per heavy atom. The molecule has 2 aliphatic rings. The molecule has 3 aromatic carbocycles. The van der Waals surface area contributed by atoms with Gasteiger partial charge in [-0.3, -0.25) is 10.1 Å². The van der Waals surface area contributed by atoms with Gasteiger partial charge in [0.2, 0.25) is 5.91 Å². The molecule has 7 rings (SSSR count). The first-order chi connectivity index (χ1) is 21.9. The number of tetrazole rings is 1. The van der Waals surface area contributed by atoms with Crippen LogP contribution >= 0.6 is 11.6 Å². The van der Waals surface area contributed by atoms with Crippen molar-refractivity contribution in [3.63, 3.8) is 0 Å². The number of hydrogen-bond acceptors (Lipinski definition) is 7. The Balaban J connectivity index is 1.30. The largest absolute Gasteiger partial charge is 0.453 e. The van der Waals surface area contributed by atoms with Gasteiger partial charge in [-0.2, -0.15) is 4.68 Å². The number of anilines is 1.